The number of thiophene rings is 1. The topological polar surface area (TPSA) is 36.8 Å². The molecule has 1 N–H and O–H groups in total. The molecule has 2 aliphatic carbocycles. The Morgan fingerprint density at radius 2 is 1.31 bits per heavy atom. The second-order valence-corrected chi connectivity index (χ2v) is 19.6. The Kier molecular flexibility index (Phi) is 9.50. The number of fused-ring (bicyclic) bond motifs is 6. The van der Waals surface area contributed by atoms with Gasteiger partial charge in [-0.05, 0) is 122 Å². The number of nitrogens with one attached hydrogen (secondary N) is 1. The summed E-state index contributed by atoms with van der Waals surface area (Å²) in [6.07, 6.45) is 12.1. The molecule has 0 bridgehead atoms. The Labute approximate surface area is 382 Å². The third-order valence-electron chi connectivity index (χ3n) is 13.4. The predicted octanol–water partition coefficient (Wildman–Crippen LogP) is 15.0. The number of hydrogen-bond donors (Lipinski definition) is 1. The smallest absolute Gasteiger partial charge is 0.160 e. The lowest BCUT2D eigenvalue weighted by Gasteiger charge is -2.26. The number of amidine groups is 2. The molecule has 1 aromatic heterocycles. The van der Waals surface area contributed by atoms with Gasteiger partial charge in [-0.1, -0.05) is 166 Å². The number of benzene rings is 7. The van der Waals surface area contributed by atoms with Crippen LogP contribution < -0.4 is 5.32 Å². The zero-order valence-corrected chi connectivity index (χ0v) is 37.4. The highest BCUT2D eigenvalue weighted by Gasteiger charge is 2.37. The van der Waals surface area contributed by atoms with Crippen LogP contribution in [0.25, 0.3) is 59.1 Å². The molecule has 64 heavy (non-hydrogen) atoms. The third-order valence-corrected chi connectivity index (χ3v) is 15.5. The minimum absolute atomic E-state index is 0.128. The van der Waals surface area contributed by atoms with Crippen molar-refractivity contribution in [1.82, 2.24) is 5.32 Å². The third kappa shape index (κ3) is 6.61. The van der Waals surface area contributed by atoms with Crippen molar-refractivity contribution in [1.29, 1.82) is 0 Å². The fraction of sp³-hybridized carbons (Fsp3) is 0.119. The zero-order valence-electron chi connectivity index (χ0n) is 35.8. The van der Waals surface area contributed by atoms with Gasteiger partial charge >= 0.3 is 0 Å². The molecule has 1 atom stereocenters. The Morgan fingerprint density at radius 3 is 2.19 bits per heavy atom. The maximum absolute atomic E-state index is 5.44. The van der Waals surface area contributed by atoms with E-state index in [0.29, 0.717) is 0 Å². The van der Waals surface area contributed by atoms with Crippen molar-refractivity contribution in [2.45, 2.75) is 44.7 Å². The molecule has 1 unspecified atom stereocenters. The Hall–Kier alpha value is -6.92. The van der Waals surface area contributed by atoms with Gasteiger partial charge in [-0.15, -0.1) is 22.3 Å². The van der Waals surface area contributed by atoms with Crippen molar-refractivity contribution in [2.75, 3.05) is 0 Å². The number of hydrogen-bond acceptors (Lipinski definition) is 4. The van der Waals surface area contributed by atoms with Gasteiger partial charge in [0.25, 0.3) is 0 Å². The first-order valence-corrected chi connectivity index (χ1v) is 24.0. The molecule has 0 saturated carbocycles. The SMILES string of the molecule is CC1(C)c2ccccc2-c2cccc(-c3cccc(C4=NC(c5ccccc5-c5cccc6sc7ccc(C8=CC=C(C9=S=CC=C9)CCC8)cc7c56)=NC(c5ccccc5)N4)c3)c21. The molecule has 8 aromatic rings. The Morgan fingerprint density at radius 1 is 0.594 bits per heavy atom. The molecule has 0 fully saturated rings. The first-order valence-electron chi connectivity index (χ1n) is 22.3. The van der Waals surface area contributed by atoms with Crippen LogP contribution in [0.15, 0.2) is 198 Å². The monoisotopic (exact) mass is 859 g/mol. The van der Waals surface area contributed by atoms with E-state index in [-0.39, 0.29) is 11.6 Å². The van der Waals surface area contributed by atoms with Crippen LogP contribution in [0, 0.1) is 0 Å². The largest absolute Gasteiger partial charge is 0.344 e. The van der Waals surface area contributed by atoms with E-state index in [1.165, 1.54) is 80.7 Å². The number of aliphatic imine (C=N–C) groups is 2. The fourth-order valence-electron chi connectivity index (χ4n) is 10.4. The van der Waals surface area contributed by atoms with E-state index in [2.05, 4.69) is 207 Å². The summed E-state index contributed by atoms with van der Waals surface area (Å²) in [6.45, 7) is 4.71. The lowest BCUT2D eigenvalue weighted by atomic mass is 9.78. The maximum atomic E-state index is 5.44. The first kappa shape index (κ1) is 38.7. The quantitative estimate of drug-likeness (QED) is 0.159. The summed E-state index contributed by atoms with van der Waals surface area (Å²) in [5.74, 6) is 1.53. The normalized spacial score (nSPS) is 17.3. The average molecular weight is 860 g/mol. The van der Waals surface area contributed by atoms with Crippen LogP contribution in [0.4, 0.5) is 0 Å². The van der Waals surface area contributed by atoms with Crippen LogP contribution in [-0.2, 0) is 5.41 Å². The number of nitrogens with zero attached hydrogens (tertiary/aromatic N) is 2. The summed E-state index contributed by atoms with van der Waals surface area (Å²) in [5, 5.41) is 8.52. The highest BCUT2D eigenvalue weighted by Crippen LogP contribution is 2.52. The number of rotatable bonds is 7. The molecule has 308 valence electrons. The molecular formula is C59H45N3S2. The van der Waals surface area contributed by atoms with Crippen LogP contribution in [-0.4, -0.2) is 21.9 Å². The van der Waals surface area contributed by atoms with Crippen LogP contribution in [0.3, 0.4) is 0 Å². The zero-order chi connectivity index (χ0) is 42.8. The fourth-order valence-corrected chi connectivity index (χ4v) is 12.2. The van der Waals surface area contributed by atoms with Crippen molar-refractivity contribution in [3.63, 3.8) is 0 Å². The second kappa shape index (κ2) is 15.7. The maximum Gasteiger partial charge on any atom is 0.160 e. The van der Waals surface area contributed by atoms with Gasteiger partial charge in [0.2, 0.25) is 0 Å². The van der Waals surface area contributed by atoms with Crippen molar-refractivity contribution in [3.8, 4) is 33.4 Å². The average Bonchev–Trinajstić information content (AvgIpc) is 4.02. The van der Waals surface area contributed by atoms with Crippen LogP contribution >= 0.6 is 22.3 Å². The van der Waals surface area contributed by atoms with Gasteiger partial charge < -0.3 is 5.32 Å². The molecular weight excluding hydrogens is 815 g/mol. The molecule has 12 rings (SSSR count). The van der Waals surface area contributed by atoms with E-state index in [1.54, 1.807) is 0 Å². The molecule has 0 spiro atoms. The second-order valence-electron chi connectivity index (χ2n) is 17.6. The molecule has 3 nitrogen and oxygen atoms in total. The molecule has 0 amide bonds. The molecule has 4 aliphatic rings. The first-order chi connectivity index (χ1) is 31.5. The van der Waals surface area contributed by atoms with E-state index in [1.807, 2.05) is 22.3 Å². The van der Waals surface area contributed by atoms with Crippen LogP contribution in [0.1, 0.15) is 72.7 Å². The van der Waals surface area contributed by atoms with Gasteiger partial charge in [0, 0.05) is 41.6 Å². The minimum Gasteiger partial charge on any atom is -0.344 e. The van der Waals surface area contributed by atoms with E-state index < -0.39 is 0 Å². The van der Waals surface area contributed by atoms with Gasteiger partial charge in [0.15, 0.2) is 5.84 Å². The summed E-state index contributed by atoms with van der Waals surface area (Å²) in [4.78, 5) is 12.2. The number of allylic oxidation sites excluding steroid dienone is 6. The summed E-state index contributed by atoms with van der Waals surface area (Å²) in [5.41, 5.74) is 17.3. The highest BCUT2D eigenvalue weighted by atomic mass is 32.1. The van der Waals surface area contributed by atoms with Gasteiger partial charge in [0.05, 0.1) is 0 Å². The predicted molar refractivity (Wildman–Crippen MR) is 277 cm³/mol. The van der Waals surface area contributed by atoms with Gasteiger partial charge in [-0.25, -0.2) is 9.98 Å². The molecule has 0 radical (unpaired) electrons. The summed E-state index contributed by atoms with van der Waals surface area (Å²) in [6, 6.07) is 57.6. The molecule has 5 heteroatoms. The molecule has 2 aliphatic heterocycles. The minimum atomic E-state index is -0.322. The lowest BCUT2D eigenvalue weighted by Crippen LogP contribution is -2.33. The van der Waals surface area contributed by atoms with E-state index >= 15 is 0 Å². The van der Waals surface area contributed by atoms with Crippen molar-refractivity contribution >= 4 is 69.9 Å². The van der Waals surface area contributed by atoms with Gasteiger partial charge in [-0.2, -0.15) is 0 Å². The van der Waals surface area contributed by atoms with Crippen LogP contribution in [0.2, 0.25) is 0 Å². The van der Waals surface area contributed by atoms with E-state index in [4.69, 9.17) is 9.98 Å². The Bertz CT molecular complexity index is 3460. The summed E-state index contributed by atoms with van der Waals surface area (Å²) >= 11 is 1.87. The van der Waals surface area contributed by atoms with Gasteiger partial charge in [0.1, 0.15) is 12.0 Å². The van der Waals surface area contributed by atoms with E-state index in [9.17, 15) is 0 Å². The molecule has 7 aromatic carbocycles. The summed E-state index contributed by atoms with van der Waals surface area (Å²) < 4.78 is 2.58. The standard InChI is InChI=1S/C59H45N3S2/c1-59(2)50-27-9-8-22-45(50)47-26-12-24-43(55(47)59)41-19-11-20-42(35-41)57-60-56(39-15-4-3-5-16-39)61-58(62-57)48-23-7-6-21-44(48)46-25-13-28-53-54(46)49-36-40(32-33-52(49)64-53)37-17-10-18-38(31-30-37)51-29-14-34-63-51/h3-9,11-16,19-36,56H,10,17-18H2,1-2H3,(H,60,61,62). The van der Waals surface area contributed by atoms with Gasteiger partial charge in [-0.3, -0.25) is 0 Å². The van der Waals surface area contributed by atoms with Crippen LogP contribution in [0.5, 0.6) is 0 Å². The van der Waals surface area contributed by atoms with Crippen molar-refractivity contribution in [3.05, 3.63) is 221 Å². The lowest BCUT2D eigenvalue weighted by molar-refractivity contribution is 0.662. The summed E-state index contributed by atoms with van der Waals surface area (Å²) in [7, 11) is 1.83. The van der Waals surface area contributed by atoms with Crippen molar-refractivity contribution < 1.29 is 0 Å². The Balaban J connectivity index is 0.969. The molecule has 3 heterocycles. The highest BCUT2D eigenvalue weighted by molar-refractivity contribution is 7.98. The van der Waals surface area contributed by atoms with Crippen molar-refractivity contribution in [2.24, 2.45) is 9.98 Å². The molecule has 0 saturated heterocycles. The van der Waals surface area contributed by atoms with E-state index in [0.717, 1.165) is 53.2 Å².